The molecule has 0 radical (unpaired) electrons. The van der Waals surface area contributed by atoms with Crippen LogP contribution in [0.4, 0.5) is 18.9 Å². The Kier molecular flexibility index (Phi) is 6.75. The maximum Gasteiger partial charge on any atom is 0.449 e. The van der Waals surface area contributed by atoms with Gasteiger partial charge in [-0.25, -0.2) is 17.7 Å². The number of carbonyl (C=O) groups excluding carboxylic acids is 1. The number of imidazole rings is 1. The molecule has 1 heterocycles. The Bertz CT molecular complexity index is 1370. The van der Waals surface area contributed by atoms with Crippen LogP contribution >= 0.6 is 0 Å². The summed E-state index contributed by atoms with van der Waals surface area (Å²) in [4.78, 5) is 17.1. The molecule has 7 nitrogen and oxygen atoms in total. The van der Waals surface area contributed by atoms with E-state index in [1.54, 1.807) is 13.8 Å². The number of fused-ring (bicyclic) bond motifs is 1. The molecule has 0 aliphatic carbocycles. The van der Waals surface area contributed by atoms with E-state index < -0.39 is 39.2 Å². The van der Waals surface area contributed by atoms with Crippen molar-refractivity contribution >= 4 is 32.7 Å². The third-order valence-corrected chi connectivity index (χ3v) is 7.27. The molecule has 1 aromatic heterocycles. The number of halogens is 3. The SMILES string of the molecule is CC(C)n1c(C(F)(F)F)nc2cc(C(=O)N(c3ccc(CC#N)cc3)S(=O)(=O)C(C)C)ccc21. The summed E-state index contributed by atoms with van der Waals surface area (Å²) in [6.07, 6.45) is -4.59. The second kappa shape index (κ2) is 9.10. The first-order valence-electron chi connectivity index (χ1n) is 10.4. The van der Waals surface area contributed by atoms with Gasteiger partial charge in [0.25, 0.3) is 5.91 Å². The number of rotatable bonds is 6. The predicted octanol–water partition coefficient (Wildman–Crippen LogP) is 5.09. The van der Waals surface area contributed by atoms with Crippen LogP contribution in [0.5, 0.6) is 0 Å². The van der Waals surface area contributed by atoms with Gasteiger partial charge in [0.1, 0.15) is 0 Å². The molecule has 3 aromatic rings. The molecule has 11 heteroatoms. The summed E-state index contributed by atoms with van der Waals surface area (Å²) in [5, 5.41) is 7.89. The lowest BCUT2D eigenvalue weighted by molar-refractivity contribution is -0.147. The van der Waals surface area contributed by atoms with Crippen molar-refractivity contribution in [2.45, 2.75) is 51.6 Å². The Morgan fingerprint density at radius 3 is 2.24 bits per heavy atom. The largest absolute Gasteiger partial charge is 0.449 e. The van der Waals surface area contributed by atoms with Gasteiger partial charge in [0.05, 0.1) is 34.5 Å². The van der Waals surface area contributed by atoms with E-state index in [0.717, 1.165) is 4.57 Å². The smallest absolute Gasteiger partial charge is 0.318 e. The molecule has 34 heavy (non-hydrogen) atoms. The van der Waals surface area contributed by atoms with Gasteiger partial charge in [0.2, 0.25) is 15.8 Å². The molecule has 0 atom stereocenters. The minimum absolute atomic E-state index is 0.0594. The highest BCUT2D eigenvalue weighted by Gasteiger charge is 2.39. The lowest BCUT2D eigenvalue weighted by Gasteiger charge is -2.25. The van der Waals surface area contributed by atoms with E-state index >= 15 is 0 Å². The van der Waals surface area contributed by atoms with Gasteiger partial charge in [-0.2, -0.15) is 18.4 Å². The number of aromatic nitrogens is 2. The third-order valence-electron chi connectivity index (χ3n) is 5.20. The first-order chi connectivity index (χ1) is 15.8. The van der Waals surface area contributed by atoms with Crippen molar-refractivity contribution in [3.05, 3.63) is 59.4 Å². The minimum Gasteiger partial charge on any atom is -0.318 e. The van der Waals surface area contributed by atoms with E-state index in [2.05, 4.69) is 4.98 Å². The van der Waals surface area contributed by atoms with Crippen molar-refractivity contribution in [2.75, 3.05) is 4.31 Å². The second-order valence-corrected chi connectivity index (χ2v) is 10.6. The Balaban J connectivity index is 2.16. The number of carbonyl (C=O) groups is 1. The fourth-order valence-electron chi connectivity index (χ4n) is 3.50. The van der Waals surface area contributed by atoms with Crippen molar-refractivity contribution < 1.29 is 26.4 Å². The maximum atomic E-state index is 13.5. The van der Waals surface area contributed by atoms with Gasteiger partial charge in [0.15, 0.2) is 0 Å². The highest BCUT2D eigenvalue weighted by Crippen LogP contribution is 2.34. The van der Waals surface area contributed by atoms with Crippen molar-refractivity contribution in [3.63, 3.8) is 0 Å². The summed E-state index contributed by atoms with van der Waals surface area (Å²) in [5.74, 6) is -2.02. The number of hydrogen-bond donors (Lipinski definition) is 0. The first kappa shape index (κ1) is 25.2. The lowest BCUT2D eigenvalue weighted by Crippen LogP contribution is -2.41. The average molecular weight is 493 g/mol. The van der Waals surface area contributed by atoms with Gasteiger partial charge >= 0.3 is 6.18 Å². The maximum absolute atomic E-state index is 13.5. The van der Waals surface area contributed by atoms with Crippen LogP contribution in [0.2, 0.25) is 0 Å². The molecule has 0 unspecified atom stereocenters. The van der Waals surface area contributed by atoms with Crippen LogP contribution in [-0.4, -0.2) is 29.1 Å². The van der Waals surface area contributed by atoms with Crippen LogP contribution in [0.1, 0.15) is 55.5 Å². The molecule has 0 bridgehead atoms. The standard InChI is InChI=1S/C23H23F3N4O3S/c1-14(2)29-20-10-7-17(13-19(20)28-22(29)23(24,25)26)21(31)30(34(32,33)15(3)4)18-8-5-16(6-9-18)11-12-27/h5-10,13-15H,11H2,1-4H3. The molecule has 0 saturated heterocycles. The molecule has 0 spiro atoms. The zero-order valence-electron chi connectivity index (χ0n) is 19.0. The number of alkyl halides is 3. The Morgan fingerprint density at radius 2 is 1.74 bits per heavy atom. The number of sulfonamides is 1. The molecular weight excluding hydrogens is 469 g/mol. The molecule has 1 amide bonds. The van der Waals surface area contributed by atoms with E-state index in [0.29, 0.717) is 9.87 Å². The van der Waals surface area contributed by atoms with Gasteiger partial charge in [-0.1, -0.05) is 12.1 Å². The number of hydrogen-bond acceptors (Lipinski definition) is 5. The molecule has 0 saturated carbocycles. The fourth-order valence-corrected chi connectivity index (χ4v) is 4.68. The summed E-state index contributed by atoms with van der Waals surface area (Å²) in [6.45, 7) is 6.01. The number of nitrogens with zero attached hydrogens (tertiary/aromatic N) is 4. The van der Waals surface area contributed by atoms with Gasteiger partial charge in [-0.05, 0) is 63.6 Å². The summed E-state index contributed by atoms with van der Waals surface area (Å²) in [6, 6.07) is 11.1. The Hall–Kier alpha value is -3.39. The van der Waals surface area contributed by atoms with Crippen molar-refractivity contribution in [1.29, 1.82) is 5.26 Å². The zero-order valence-corrected chi connectivity index (χ0v) is 19.8. The number of anilines is 1. The fraction of sp³-hybridized carbons (Fsp3) is 0.348. The lowest BCUT2D eigenvalue weighted by atomic mass is 10.1. The first-order valence-corrected chi connectivity index (χ1v) is 11.9. The van der Waals surface area contributed by atoms with Gasteiger partial charge in [-0.15, -0.1) is 0 Å². The topological polar surface area (TPSA) is 96.1 Å². The molecule has 0 N–H and O–H groups in total. The van der Waals surface area contributed by atoms with Gasteiger partial charge < -0.3 is 4.57 Å². The quantitative estimate of drug-likeness (QED) is 0.478. The van der Waals surface area contributed by atoms with Crippen LogP contribution in [0.15, 0.2) is 42.5 Å². The number of amides is 1. The summed E-state index contributed by atoms with van der Waals surface area (Å²) in [7, 11) is -4.14. The van der Waals surface area contributed by atoms with E-state index in [9.17, 15) is 26.4 Å². The van der Waals surface area contributed by atoms with Crippen molar-refractivity contribution in [1.82, 2.24) is 9.55 Å². The second-order valence-electron chi connectivity index (χ2n) is 8.27. The molecule has 3 rings (SSSR count). The summed E-state index contributed by atoms with van der Waals surface area (Å²) < 4.78 is 68.4. The third kappa shape index (κ3) is 4.63. The molecule has 0 aliphatic heterocycles. The molecule has 0 aliphatic rings. The molecule has 180 valence electrons. The van der Waals surface area contributed by atoms with E-state index in [4.69, 9.17) is 5.26 Å². The molecular formula is C23H23F3N4O3S. The minimum atomic E-state index is -4.70. The van der Waals surface area contributed by atoms with Crippen molar-refractivity contribution in [2.24, 2.45) is 0 Å². The van der Waals surface area contributed by atoms with Crippen LogP contribution in [0.25, 0.3) is 11.0 Å². The Labute approximate surface area is 195 Å². The van der Waals surface area contributed by atoms with Gasteiger partial charge in [-0.3, -0.25) is 4.79 Å². The van der Waals surface area contributed by atoms with E-state index in [1.807, 2.05) is 6.07 Å². The predicted molar refractivity (Wildman–Crippen MR) is 122 cm³/mol. The average Bonchev–Trinajstić information content (AvgIpc) is 3.14. The highest BCUT2D eigenvalue weighted by atomic mass is 32.2. The van der Waals surface area contributed by atoms with Crippen LogP contribution in [0, 0.1) is 11.3 Å². The normalized spacial score (nSPS) is 12.4. The van der Waals surface area contributed by atoms with Crippen LogP contribution in [0.3, 0.4) is 0 Å². The van der Waals surface area contributed by atoms with E-state index in [1.165, 1.54) is 56.3 Å². The summed E-state index contributed by atoms with van der Waals surface area (Å²) in [5.41, 5.74) is 0.682. The highest BCUT2D eigenvalue weighted by molar-refractivity contribution is 7.94. The zero-order chi connectivity index (χ0) is 25.4. The monoisotopic (exact) mass is 492 g/mol. The van der Waals surface area contributed by atoms with Crippen molar-refractivity contribution in [3.8, 4) is 6.07 Å². The van der Waals surface area contributed by atoms with Crippen LogP contribution < -0.4 is 4.31 Å². The molecule has 0 fully saturated rings. The summed E-state index contributed by atoms with van der Waals surface area (Å²) >= 11 is 0. The van der Waals surface area contributed by atoms with Gasteiger partial charge in [0, 0.05) is 11.6 Å². The number of nitriles is 1. The van der Waals surface area contributed by atoms with E-state index in [-0.39, 0.29) is 28.7 Å². The number of benzene rings is 2. The Morgan fingerprint density at radius 1 is 1.12 bits per heavy atom. The molecule has 2 aromatic carbocycles. The van der Waals surface area contributed by atoms with Crippen LogP contribution in [-0.2, 0) is 22.6 Å².